The number of ether oxygens (including phenoxy) is 1. The summed E-state index contributed by atoms with van der Waals surface area (Å²) < 4.78 is 17.7. The molecule has 1 N–H and O–H groups in total. The Bertz CT molecular complexity index is 424. The molecule has 0 bridgehead atoms. The fourth-order valence-electron chi connectivity index (χ4n) is 1.93. The second-order valence-electron chi connectivity index (χ2n) is 4.05. The molecule has 1 aromatic rings. The minimum atomic E-state index is -0.831. The van der Waals surface area contributed by atoms with Crippen molar-refractivity contribution in [2.24, 2.45) is 0 Å². The van der Waals surface area contributed by atoms with Crippen LogP contribution < -0.4 is 4.74 Å². The summed E-state index contributed by atoms with van der Waals surface area (Å²) in [7, 11) is 1.47. The third-order valence-electron chi connectivity index (χ3n) is 3.14. The van der Waals surface area contributed by atoms with Crippen LogP contribution in [0.2, 0.25) is 0 Å². The van der Waals surface area contributed by atoms with Crippen molar-refractivity contribution in [2.45, 2.75) is 24.9 Å². The van der Waals surface area contributed by atoms with Crippen molar-refractivity contribution >= 4 is 5.97 Å². The van der Waals surface area contributed by atoms with Crippen molar-refractivity contribution < 1.29 is 19.0 Å². The molecule has 0 amide bonds. The van der Waals surface area contributed by atoms with Crippen LogP contribution in [0.3, 0.4) is 0 Å². The van der Waals surface area contributed by atoms with Crippen LogP contribution in [-0.2, 0) is 16.9 Å². The van der Waals surface area contributed by atoms with Crippen LogP contribution in [0.4, 0.5) is 4.39 Å². The zero-order chi connectivity index (χ0) is 11.8. The van der Waals surface area contributed by atoms with E-state index in [0.717, 1.165) is 0 Å². The number of hydrogen-bond donors (Lipinski definition) is 1. The van der Waals surface area contributed by atoms with Gasteiger partial charge in [-0.3, -0.25) is 4.79 Å². The third kappa shape index (κ3) is 1.54. The molecule has 1 fully saturated rings. The number of aliphatic carboxylic acids is 1. The van der Waals surface area contributed by atoms with E-state index in [2.05, 4.69) is 0 Å². The minimum Gasteiger partial charge on any atom is -0.496 e. The van der Waals surface area contributed by atoms with E-state index in [1.54, 1.807) is 18.2 Å². The van der Waals surface area contributed by atoms with Gasteiger partial charge in [0.15, 0.2) is 0 Å². The van der Waals surface area contributed by atoms with Gasteiger partial charge in [-0.25, -0.2) is 4.39 Å². The number of carbonyl (C=O) groups is 1. The molecule has 1 saturated carbocycles. The normalized spacial score (nSPS) is 16.9. The Balaban J connectivity index is 2.40. The predicted molar refractivity (Wildman–Crippen MR) is 56.4 cm³/mol. The molecule has 86 valence electrons. The van der Waals surface area contributed by atoms with Crippen LogP contribution in [0.15, 0.2) is 18.2 Å². The van der Waals surface area contributed by atoms with Crippen molar-refractivity contribution in [3.8, 4) is 5.75 Å². The molecule has 1 aliphatic carbocycles. The van der Waals surface area contributed by atoms with Gasteiger partial charge in [0.1, 0.15) is 12.4 Å². The number of carboxylic acid groups (broad SMARTS) is 1. The lowest BCUT2D eigenvalue weighted by atomic mass is 9.94. The Morgan fingerprint density at radius 2 is 2.25 bits per heavy atom. The van der Waals surface area contributed by atoms with Crippen LogP contribution in [0.25, 0.3) is 0 Å². The Morgan fingerprint density at radius 1 is 1.56 bits per heavy atom. The molecule has 0 spiro atoms. The van der Waals surface area contributed by atoms with Gasteiger partial charge < -0.3 is 9.84 Å². The first-order valence-corrected chi connectivity index (χ1v) is 5.11. The quantitative estimate of drug-likeness (QED) is 0.853. The lowest BCUT2D eigenvalue weighted by Crippen LogP contribution is -2.19. The van der Waals surface area contributed by atoms with Crippen molar-refractivity contribution in [1.29, 1.82) is 0 Å². The molecule has 0 saturated heterocycles. The number of methoxy groups -OCH3 is 1. The highest BCUT2D eigenvalue weighted by Crippen LogP contribution is 2.49. The maximum Gasteiger partial charge on any atom is 0.314 e. The molecule has 1 aliphatic rings. The molecule has 0 aliphatic heterocycles. The lowest BCUT2D eigenvalue weighted by molar-refractivity contribution is -0.140. The van der Waals surface area contributed by atoms with E-state index in [-0.39, 0.29) is 0 Å². The maximum atomic E-state index is 12.7. The SMILES string of the molecule is COc1ccc(C2(C(=O)O)CC2)cc1CF. The van der Waals surface area contributed by atoms with Gasteiger partial charge in [-0.2, -0.15) is 0 Å². The molecule has 0 atom stereocenters. The molecule has 2 rings (SSSR count). The standard InChI is InChI=1S/C12H13FO3/c1-16-10-3-2-9(6-8(10)7-13)12(4-5-12)11(14)15/h2-3,6H,4-5,7H2,1H3,(H,14,15). The van der Waals surface area contributed by atoms with E-state index in [1.165, 1.54) is 7.11 Å². The summed E-state index contributed by atoms with van der Waals surface area (Å²) >= 11 is 0. The number of hydrogen-bond acceptors (Lipinski definition) is 2. The first kappa shape index (κ1) is 10.9. The average molecular weight is 224 g/mol. The van der Waals surface area contributed by atoms with E-state index in [0.29, 0.717) is 29.7 Å². The summed E-state index contributed by atoms with van der Waals surface area (Å²) in [6, 6.07) is 4.94. The van der Waals surface area contributed by atoms with Gasteiger partial charge in [-0.1, -0.05) is 6.07 Å². The molecule has 4 heteroatoms. The summed E-state index contributed by atoms with van der Waals surface area (Å²) in [4.78, 5) is 11.1. The monoisotopic (exact) mass is 224 g/mol. The van der Waals surface area contributed by atoms with E-state index in [9.17, 15) is 9.18 Å². The predicted octanol–water partition coefficient (Wildman–Crippen LogP) is 2.28. The maximum absolute atomic E-state index is 12.7. The van der Waals surface area contributed by atoms with Crippen LogP contribution in [0, 0.1) is 0 Å². The van der Waals surface area contributed by atoms with Gasteiger partial charge >= 0.3 is 5.97 Å². The second-order valence-corrected chi connectivity index (χ2v) is 4.05. The first-order valence-electron chi connectivity index (χ1n) is 5.11. The van der Waals surface area contributed by atoms with E-state index >= 15 is 0 Å². The highest BCUT2D eigenvalue weighted by atomic mass is 19.1. The van der Waals surface area contributed by atoms with Crippen molar-refractivity contribution in [3.63, 3.8) is 0 Å². The van der Waals surface area contributed by atoms with Gasteiger partial charge in [0.25, 0.3) is 0 Å². The summed E-state index contributed by atoms with van der Waals surface area (Å²) in [6.07, 6.45) is 1.25. The van der Waals surface area contributed by atoms with Crippen molar-refractivity contribution in [2.75, 3.05) is 7.11 Å². The molecule has 1 aromatic carbocycles. The molecule has 16 heavy (non-hydrogen) atoms. The largest absolute Gasteiger partial charge is 0.496 e. The van der Waals surface area contributed by atoms with Gasteiger partial charge in [-0.15, -0.1) is 0 Å². The van der Waals surface area contributed by atoms with Crippen molar-refractivity contribution in [3.05, 3.63) is 29.3 Å². The number of benzene rings is 1. The average Bonchev–Trinajstić information content (AvgIpc) is 3.09. The van der Waals surface area contributed by atoms with Crippen molar-refractivity contribution in [1.82, 2.24) is 0 Å². The summed E-state index contributed by atoms with van der Waals surface area (Å²) in [6.45, 7) is -0.646. The Labute approximate surface area is 92.9 Å². The summed E-state index contributed by atoms with van der Waals surface area (Å²) in [5, 5.41) is 9.12. The fraction of sp³-hybridized carbons (Fsp3) is 0.417. The van der Waals surface area contributed by atoms with E-state index in [4.69, 9.17) is 9.84 Å². The smallest absolute Gasteiger partial charge is 0.314 e. The molecule has 0 unspecified atom stereocenters. The highest BCUT2D eigenvalue weighted by molar-refractivity contribution is 5.85. The van der Waals surface area contributed by atoms with Crippen LogP contribution in [-0.4, -0.2) is 18.2 Å². The molecule has 0 heterocycles. The number of halogens is 1. The van der Waals surface area contributed by atoms with E-state index < -0.39 is 18.1 Å². The number of alkyl halides is 1. The van der Waals surface area contributed by atoms with Crippen LogP contribution in [0.1, 0.15) is 24.0 Å². The molecule has 0 radical (unpaired) electrons. The summed E-state index contributed by atoms with van der Waals surface area (Å²) in [5.41, 5.74) is 0.303. The zero-order valence-corrected chi connectivity index (χ0v) is 9.00. The first-order chi connectivity index (χ1) is 7.64. The van der Waals surface area contributed by atoms with Gasteiger partial charge in [0.2, 0.25) is 0 Å². The van der Waals surface area contributed by atoms with Crippen LogP contribution in [0.5, 0.6) is 5.75 Å². The summed E-state index contributed by atoms with van der Waals surface area (Å²) in [5.74, 6) is -0.366. The minimum absolute atomic E-state index is 0.410. The lowest BCUT2D eigenvalue weighted by Gasteiger charge is -2.13. The second kappa shape index (κ2) is 3.77. The van der Waals surface area contributed by atoms with Gasteiger partial charge in [0, 0.05) is 5.56 Å². The number of rotatable bonds is 4. The third-order valence-corrected chi connectivity index (χ3v) is 3.14. The molecule has 0 aromatic heterocycles. The highest BCUT2D eigenvalue weighted by Gasteiger charge is 2.51. The van der Waals surface area contributed by atoms with E-state index in [1.807, 2.05) is 0 Å². The van der Waals surface area contributed by atoms with Gasteiger partial charge in [0.05, 0.1) is 12.5 Å². The number of carboxylic acids is 1. The molecular formula is C12H13FO3. The molecular weight excluding hydrogens is 211 g/mol. The Morgan fingerprint density at radius 3 is 2.69 bits per heavy atom. The molecule has 3 nitrogen and oxygen atoms in total. The van der Waals surface area contributed by atoms with Gasteiger partial charge in [-0.05, 0) is 30.5 Å². The van der Waals surface area contributed by atoms with Crippen LogP contribution >= 0.6 is 0 Å². The zero-order valence-electron chi connectivity index (χ0n) is 9.00. The topological polar surface area (TPSA) is 46.5 Å². The fourth-order valence-corrected chi connectivity index (χ4v) is 1.93. The Hall–Kier alpha value is -1.58. The Kier molecular flexibility index (Phi) is 2.58.